The first-order chi connectivity index (χ1) is 11.2. The van der Waals surface area contributed by atoms with Crippen molar-refractivity contribution in [1.29, 1.82) is 0 Å². The summed E-state index contributed by atoms with van der Waals surface area (Å²) in [7, 11) is 0. The minimum Gasteiger partial charge on any atom is -0.369 e. The van der Waals surface area contributed by atoms with Crippen molar-refractivity contribution in [3.05, 3.63) is 36.5 Å². The molecule has 0 aromatic carbocycles. The molecule has 0 aliphatic carbocycles. The fourth-order valence-electron chi connectivity index (χ4n) is 2.78. The average molecular weight is 313 g/mol. The molecule has 1 aliphatic rings. The third-order valence-corrected chi connectivity index (χ3v) is 3.76. The topological polar surface area (TPSA) is 110 Å². The normalized spacial score (nSPS) is 18.5. The Hall–Kier alpha value is -2.61. The molecule has 8 heteroatoms. The summed E-state index contributed by atoms with van der Waals surface area (Å²) in [6.07, 6.45) is 8.78. The fraction of sp³-hybridized carbons (Fsp3) is 0.400. The first-order valence-corrected chi connectivity index (χ1v) is 7.57. The Balaban J connectivity index is 1.70. The summed E-state index contributed by atoms with van der Waals surface area (Å²) < 4.78 is 0. The van der Waals surface area contributed by atoms with E-state index in [-0.39, 0.29) is 11.8 Å². The van der Waals surface area contributed by atoms with Crippen LogP contribution in [0.4, 0.5) is 11.8 Å². The summed E-state index contributed by atoms with van der Waals surface area (Å²) in [4.78, 5) is 30.2. The van der Waals surface area contributed by atoms with E-state index in [1.807, 2.05) is 0 Å². The largest absolute Gasteiger partial charge is 0.369 e. The van der Waals surface area contributed by atoms with Gasteiger partial charge in [-0.1, -0.05) is 0 Å². The molecule has 0 saturated carbocycles. The number of anilines is 2. The van der Waals surface area contributed by atoms with Crippen molar-refractivity contribution in [1.82, 2.24) is 24.8 Å². The maximum Gasteiger partial charge on any atom is 0.231 e. The molecule has 0 bridgehead atoms. The van der Waals surface area contributed by atoms with Crippen LogP contribution in [-0.4, -0.2) is 50.4 Å². The molecule has 2 aromatic rings. The summed E-state index contributed by atoms with van der Waals surface area (Å²) in [5, 5.41) is 3.04. The van der Waals surface area contributed by atoms with E-state index >= 15 is 0 Å². The van der Waals surface area contributed by atoms with Crippen molar-refractivity contribution < 1.29 is 4.79 Å². The molecule has 23 heavy (non-hydrogen) atoms. The number of carbonyl (C=O) groups excluding carboxylic acids is 1. The molecule has 0 spiro atoms. The van der Waals surface area contributed by atoms with Crippen LogP contribution in [-0.2, 0) is 4.79 Å². The third-order valence-electron chi connectivity index (χ3n) is 3.76. The van der Waals surface area contributed by atoms with Gasteiger partial charge in [0.2, 0.25) is 11.9 Å². The summed E-state index contributed by atoms with van der Waals surface area (Å²) in [6.45, 7) is 1.95. The van der Waals surface area contributed by atoms with Crippen LogP contribution in [0.5, 0.6) is 0 Å². The number of carbonyl (C=O) groups is 1. The van der Waals surface area contributed by atoms with Gasteiger partial charge in [-0.05, 0) is 25.5 Å². The number of piperidine rings is 1. The molecule has 3 rings (SSSR count). The maximum absolute atomic E-state index is 11.1. The summed E-state index contributed by atoms with van der Waals surface area (Å²) >= 11 is 0. The zero-order chi connectivity index (χ0) is 16.1. The van der Waals surface area contributed by atoms with Gasteiger partial charge >= 0.3 is 0 Å². The predicted molar refractivity (Wildman–Crippen MR) is 85.0 cm³/mol. The van der Waals surface area contributed by atoms with Crippen LogP contribution in [0.3, 0.4) is 0 Å². The summed E-state index contributed by atoms with van der Waals surface area (Å²) in [6, 6.07) is 1.75. The van der Waals surface area contributed by atoms with Gasteiger partial charge in [0.15, 0.2) is 5.82 Å². The molecular formula is C15H19N7O. The molecule has 1 amide bonds. The molecule has 1 aliphatic heterocycles. The zero-order valence-electron chi connectivity index (χ0n) is 12.7. The maximum atomic E-state index is 11.1. The van der Waals surface area contributed by atoms with Gasteiger partial charge in [0, 0.05) is 31.1 Å². The number of aromatic nitrogens is 4. The highest BCUT2D eigenvalue weighted by Crippen LogP contribution is 2.25. The van der Waals surface area contributed by atoms with Crippen molar-refractivity contribution in [3.63, 3.8) is 0 Å². The number of nitrogens with zero attached hydrogens (tertiary/aromatic N) is 5. The number of rotatable bonds is 5. The number of amides is 1. The molecule has 2 aromatic heterocycles. The Labute approximate surface area is 134 Å². The molecule has 8 nitrogen and oxygen atoms in total. The van der Waals surface area contributed by atoms with Crippen LogP contribution >= 0.6 is 0 Å². The Morgan fingerprint density at radius 1 is 1.35 bits per heavy atom. The molecule has 3 heterocycles. The molecule has 120 valence electrons. The zero-order valence-corrected chi connectivity index (χ0v) is 12.7. The third kappa shape index (κ3) is 4.19. The number of hydrogen-bond donors (Lipinski definition) is 2. The van der Waals surface area contributed by atoms with Gasteiger partial charge in [-0.2, -0.15) is 0 Å². The first-order valence-electron chi connectivity index (χ1n) is 7.57. The van der Waals surface area contributed by atoms with Crippen molar-refractivity contribution in [2.45, 2.75) is 18.8 Å². The second-order valence-electron chi connectivity index (χ2n) is 5.57. The number of likely N-dealkylation sites (tertiary alicyclic amines) is 1. The number of nitrogens with one attached hydrogen (secondary N) is 1. The van der Waals surface area contributed by atoms with Gasteiger partial charge in [0.1, 0.15) is 0 Å². The lowest BCUT2D eigenvalue weighted by atomic mass is 9.95. The molecule has 1 fully saturated rings. The average Bonchev–Trinajstić information content (AvgIpc) is 2.56. The Morgan fingerprint density at radius 3 is 2.96 bits per heavy atom. The lowest BCUT2D eigenvalue weighted by molar-refractivity contribution is -0.119. The Kier molecular flexibility index (Phi) is 4.72. The van der Waals surface area contributed by atoms with Gasteiger partial charge in [0.05, 0.1) is 18.4 Å². The lowest BCUT2D eigenvalue weighted by Crippen LogP contribution is -2.40. The van der Waals surface area contributed by atoms with Gasteiger partial charge < -0.3 is 11.1 Å². The van der Waals surface area contributed by atoms with Crippen molar-refractivity contribution in [2.24, 2.45) is 5.73 Å². The highest BCUT2D eigenvalue weighted by Gasteiger charge is 2.23. The van der Waals surface area contributed by atoms with E-state index < -0.39 is 0 Å². The summed E-state index contributed by atoms with van der Waals surface area (Å²) in [5.41, 5.74) is 6.19. The second-order valence-corrected chi connectivity index (χ2v) is 5.57. The van der Waals surface area contributed by atoms with E-state index in [1.54, 1.807) is 30.9 Å². The molecule has 3 N–H and O–H groups in total. The smallest absolute Gasteiger partial charge is 0.231 e. The summed E-state index contributed by atoms with van der Waals surface area (Å²) in [5.74, 6) is 1.04. The van der Waals surface area contributed by atoms with Crippen molar-refractivity contribution in [2.75, 3.05) is 25.0 Å². The van der Waals surface area contributed by atoms with Crippen LogP contribution in [0.2, 0.25) is 0 Å². The van der Waals surface area contributed by atoms with Gasteiger partial charge in [0.25, 0.3) is 0 Å². The molecular weight excluding hydrogens is 294 g/mol. The molecule has 1 saturated heterocycles. The SMILES string of the molecule is NC(=O)CN1CCC[C@@H](c2cncc(Nc3ncccn3)n2)C1. The van der Waals surface area contributed by atoms with Crippen molar-refractivity contribution >= 4 is 17.7 Å². The van der Waals surface area contributed by atoms with Crippen LogP contribution in [0.15, 0.2) is 30.9 Å². The molecule has 0 unspecified atom stereocenters. The standard InChI is InChI=1S/C15H19N7O/c16-13(23)10-22-6-1-3-11(9-22)12-7-17-8-14(20-12)21-15-18-4-2-5-19-15/h2,4-5,7-8,11H,1,3,6,9-10H2,(H2,16,23)(H,18,19,20,21)/t11-/m1/s1. The molecule has 1 atom stereocenters. The predicted octanol–water partition coefficient (Wildman–Crippen LogP) is 0.675. The van der Waals surface area contributed by atoms with Gasteiger partial charge in [-0.3, -0.25) is 14.7 Å². The minimum atomic E-state index is -0.298. The minimum absolute atomic E-state index is 0.244. The van der Waals surface area contributed by atoms with Crippen molar-refractivity contribution in [3.8, 4) is 0 Å². The number of primary amides is 1. The highest BCUT2D eigenvalue weighted by atomic mass is 16.1. The van der Waals surface area contributed by atoms with Crippen LogP contribution in [0.25, 0.3) is 0 Å². The van der Waals surface area contributed by atoms with E-state index in [0.29, 0.717) is 18.3 Å². The quantitative estimate of drug-likeness (QED) is 0.835. The number of hydrogen-bond acceptors (Lipinski definition) is 7. The van der Waals surface area contributed by atoms with E-state index in [1.165, 1.54) is 0 Å². The second kappa shape index (κ2) is 7.10. The molecule has 0 radical (unpaired) electrons. The fourth-order valence-corrected chi connectivity index (χ4v) is 2.78. The van der Waals surface area contributed by atoms with E-state index in [9.17, 15) is 4.79 Å². The van der Waals surface area contributed by atoms with E-state index in [0.717, 1.165) is 31.6 Å². The Morgan fingerprint density at radius 2 is 2.17 bits per heavy atom. The van der Waals surface area contributed by atoms with Crippen LogP contribution < -0.4 is 11.1 Å². The monoisotopic (exact) mass is 313 g/mol. The van der Waals surface area contributed by atoms with E-state index in [4.69, 9.17) is 5.73 Å². The lowest BCUT2D eigenvalue weighted by Gasteiger charge is -2.31. The van der Waals surface area contributed by atoms with Gasteiger partial charge in [-0.15, -0.1) is 0 Å². The van der Waals surface area contributed by atoms with Crippen LogP contribution in [0, 0.1) is 0 Å². The highest BCUT2D eigenvalue weighted by molar-refractivity contribution is 5.75. The van der Waals surface area contributed by atoms with E-state index in [2.05, 4.69) is 30.2 Å². The number of nitrogens with two attached hydrogens (primary N) is 1. The Bertz CT molecular complexity index is 664. The van der Waals surface area contributed by atoms with Crippen LogP contribution in [0.1, 0.15) is 24.5 Å². The first kappa shape index (κ1) is 15.3. The van der Waals surface area contributed by atoms with Gasteiger partial charge in [-0.25, -0.2) is 15.0 Å².